The lowest BCUT2D eigenvalue weighted by Gasteiger charge is -2.21. The maximum Gasteiger partial charge on any atom is 0.270 e. The van der Waals surface area contributed by atoms with Gasteiger partial charge in [-0.15, -0.1) is 0 Å². The smallest absolute Gasteiger partial charge is 0.270 e. The first-order valence-electron chi connectivity index (χ1n) is 10.6. The second-order valence-electron chi connectivity index (χ2n) is 8.45. The molecule has 3 atom stereocenters. The van der Waals surface area contributed by atoms with Gasteiger partial charge in [0.1, 0.15) is 0 Å². The number of hydrogen-bond donors (Lipinski definition) is 2. The molecule has 30 heavy (non-hydrogen) atoms. The molecule has 0 radical (unpaired) electrons. The van der Waals surface area contributed by atoms with Crippen molar-refractivity contribution in [3.05, 3.63) is 60.4 Å². The van der Waals surface area contributed by atoms with E-state index in [4.69, 9.17) is 0 Å². The lowest BCUT2D eigenvalue weighted by Crippen LogP contribution is -2.42. The first-order valence-corrected chi connectivity index (χ1v) is 10.6. The molecule has 2 aromatic heterocycles. The van der Waals surface area contributed by atoms with Crippen LogP contribution in [0.1, 0.15) is 42.5 Å². The summed E-state index contributed by atoms with van der Waals surface area (Å²) >= 11 is 0. The Kier molecular flexibility index (Phi) is 4.91. The highest BCUT2D eigenvalue weighted by atomic mass is 16.2. The highest BCUT2D eigenvalue weighted by Gasteiger charge is 2.40. The molecule has 2 fully saturated rings. The Morgan fingerprint density at radius 2 is 1.83 bits per heavy atom. The Bertz CT molecular complexity index is 1100. The lowest BCUT2D eigenvalue weighted by molar-refractivity contribution is -0.123. The van der Waals surface area contributed by atoms with E-state index in [2.05, 4.69) is 20.8 Å². The molecule has 2 amide bonds. The predicted molar refractivity (Wildman–Crippen MR) is 114 cm³/mol. The molecule has 2 N–H and O–H groups in total. The van der Waals surface area contributed by atoms with Gasteiger partial charge < -0.3 is 0 Å². The average molecular weight is 400 g/mol. The fraction of sp³-hybridized carbons (Fsp3) is 0.333. The number of hydrogen-bond acceptors (Lipinski definition) is 4. The first kappa shape index (κ1) is 18.7. The SMILES string of the molecule is O=C(C[C@@H]1C[C@H]2CC[C@H]1C2)NNC(=O)c1cc(-c2ccncc2)nc2ccccc12. The molecule has 2 aliphatic rings. The average Bonchev–Trinajstić information content (AvgIpc) is 3.40. The van der Waals surface area contributed by atoms with Crippen LogP contribution in [0.2, 0.25) is 0 Å². The van der Waals surface area contributed by atoms with Gasteiger partial charge in [0.25, 0.3) is 5.91 Å². The third-order valence-corrected chi connectivity index (χ3v) is 6.58. The summed E-state index contributed by atoms with van der Waals surface area (Å²) in [4.78, 5) is 34.1. The summed E-state index contributed by atoms with van der Waals surface area (Å²) in [5, 5.41) is 0.746. The second-order valence-corrected chi connectivity index (χ2v) is 8.45. The molecule has 0 unspecified atom stereocenters. The number of para-hydroxylation sites is 1. The van der Waals surface area contributed by atoms with E-state index < -0.39 is 0 Å². The molecule has 5 rings (SSSR count). The van der Waals surface area contributed by atoms with E-state index in [0.717, 1.165) is 28.8 Å². The van der Waals surface area contributed by atoms with Crippen LogP contribution in [0.5, 0.6) is 0 Å². The molecular formula is C24H24N4O2. The molecule has 2 saturated carbocycles. The maximum absolute atomic E-state index is 12.9. The Labute approximate surface area is 175 Å². The summed E-state index contributed by atoms with van der Waals surface area (Å²) in [7, 11) is 0. The van der Waals surface area contributed by atoms with E-state index in [1.165, 1.54) is 19.3 Å². The van der Waals surface area contributed by atoms with Gasteiger partial charge >= 0.3 is 0 Å². The number of nitrogens with zero attached hydrogens (tertiary/aromatic N) is 2. The van der Waals surface area contributed by atoms with Gasteiger partial charge in [-0.25, -0.2) is 4.98 Å². The topological polar surface area (TPSA) is 84.0 Å². The van der Waals surface area contributed by atoms with Crippen LogP contribution in [-0.2, 0) is 4.79 Å². The first-order chi connectivity index (χ1) is 14.7. The monoisotopic (exact) mass is 400 g/mol. The summed E-state index contributed by atoms with van der Waals surface area (Å²) in [6.45, 7) is 0. The number of amides is 2. The standard InChI is InChI=1S/C24H24N4O2/c29-23(13-18-12-15-5-6-17(18)11-15)27-28-24(30)20-14-22(16-7-9-25-10-8-16)26-21-4-2-1-3-19(20)21/h1-4,7-10,14-15,17-18H,5-6,11-13H2,(H,27,29)(H,28,30)/t15-,17-,18-/m0/s1. The number of carbonyl (C=O) groups excluding carboxylic acids is 2. The van der Waals surface area contributed by atoms with Crippen LogP contribution in [-0.4, -0.2) is 21.8 Å². The molecule has 1 aromatic carbocycles. The van der Waals surface area contributed by atoms with Crippen LogP contribution >= 0.6 is 0 Å². The van der Waals surface area contributed by atoms with Gasteiger partial charge in [0.15, 0.2) is 0 Å². The summed E-state index contributed by atoms with van der Waals surface area (Å²) in [6.07, 6.45) is 8.86. The minimum atomic E-state index is -0.342. The largest absolute Gasteiger partial charge is 0.273 e. The van der Waals surface area contributed by atoms with Gasteiger partial charge in [-0.1, -0.05) is 24.6 Å². The van der Waals surface area contributed by atoms with Gasteiger partial charge in [0.2, 0.25) is 5.91 Å². The normalized spacial score (nSPS) is 22.2. The molecule has 6 nitrogen and oxygen atoms in total. The van der Waals surface area contributed by atoms with Crippen LogP contribution in [0.25, 0.3) is 22.2 Å². The van der Waals surface area contributed by atoms with Crippen molar-refractivity contribution >= 4 is 22.7 Å². The molecule has 6 heteroatoms. The van der Waals surface area contributed by atoms with Crippen molar-refractivity contribution < 1.29 is 9.59 Å². The van der Waals surface area contributed by atoms with E-state index in [1.54, 1.807) is 18.5 Å². The minimum absolute atomic E-state index is 0.117. The number of benzene rings is 1. The molecule has 3 aromatic rings. The van der Waals surface area contributed by atoms with Crippen LogP contribution in [0.15, 0.2) is 54.9 Å². The highest BCUT2D eigenvalue weighted by molar-refractivity contribution is 6.07. The zero-order valence-electron chi connectivity index (χ0n) is 16.7. The molecule has 0 aliphatic heterocycles. The van der Waals surface area contributed by atoms with Gasteiger partial charge in [-0.2, -0.15) is 0 Å². The molecule has 2 heterocycles. The number of hydrazine groups is 1. The molecule has 152 valence electrons. The summed E-state index contributed by atoms with van der Waals surface area (Å²) in [6, 6.07) is 13.0. The number of rotatable bonds is 4. The van der Waals surface area contributed by atoms with Crippen LogP contribution < -0.4 is 10.9 Å². The molecular weight excluding hydrogens is 376 g/mol. The van der Waals surface area contributed by atoms with E-state index >= 15 is 0 Å². The zero-order chi connectivity index (χ0) is 20.5. The number of pyridine rings is 2. The van der Waals surface area contributed by atoms with Crippen molar-refractivity contribution in [2.24, 2.45) is 17.8 Å². The van der Waals surface area contributed by atoms with Crippen LogP contribution in [0.3, 0.4) is 0 Å². The summed E-state index contributed by atoms with van der Waals surface area (Å²) in [5.74, 6) is 1.49. The molecule has 2 aliphatic carbocycles. The number of fused-ring (bicyclic) bond motifs is 3. The molecule has 0 saturated heterocycles. The third-order valence-electron chi connectivity index (χ3n) is 6.58. The minimum Gasteiger partial charge on any atom is -0.273 e. The number of carbonyl (C=O) groups is 2. The van der Waals surface area contributed by atoms with Crippen molar-refractivity contribution in [1.82, 2.24) is 20.8 Å². The quantitative estimate of drug-likeness (QED) is 0.651. The van der Waals surface area contributed by atoms with E-state index in [0.29, 0.717) is 29.5 Å². The van der Waals surface area contributed by atoms with Crippen LogP contribution in [0, 0.1) is 17.8 Å². The van der Waals surface area contributed by atoms with Crippen LogP contribution in [0.4, 0.5) is 0 Å². The fourth-order valence-electron chi connectivity index (χ4n) is 5.14. The Morgan fingerprint density at radius 1 is 1.00 bits per heavy atom. The van der Waals surface area contributed by atoms with E-state index in [9.17, 15) is 9.59 Å². The summed E-state index contributed by atoms with van der Waals surface area (Å²) < 4.78 is 0. The van der Waals surface area contributed by atoms with Gasteiger partial charge in [0, 0.05) is 29.8 Å². The van der Waals surface area contributed by atoms with E-state index in [-0.39, 0.29) is 11.8 Å². The zero-order valence-corrected chi connectivity index (χ0v) is 16.7. The van der Waals surface area contributed by atoms with Crippen molar-refractivity contribution in [1.29, 1.82) is 0 Å². The third kappa shape index (κ3) is 3.65. The Morgan fingerprint density at radius 3 is 2.60 bits per heavy atom. The fourth-order valence-corrected chi connectivity index (χ4v) is 5.14. The van der Waals surface area contributed by atoms with Crippen molar-refractivity contribution in [3.63, 3.8) is 0 Å². The van der Waals surface area contributed by atoms with Crippen molar-refractivity contribution in [3.8, 4) is 11.3 Å². The molecule has 0 spiro atoms. The lowest BCUT2D eigenvalue weighted by atomic mass is 9.86. The maximum atomic E-state index is 12.9. The van der Waals surface area contributed by atoms with E-state index in [1.807, 2.05) is 36.4 Å². The van der Waals surface area contributed by atoms with Gasteiger partial charge in [-0.3, -0.25) is 25.4 Å². The van der Waals surface area contributed by atoms with Gasteiger partial charge in [0.05, 0.1) is 16.8 Å². The second kappa shape index (κ2) is 7.86. The highest BCUT2D eigenvalue weighted by Crippen LogP contribution is 2.49. The Hall–Kier alpha value is -3.28. The van der Waals surface area contributed by atoms with Crippen molar-refractivity contribution in [2.75, 3.05) is 0 Å². The summed E-state index contributed by atoms with van der Waals surface area (Å²) in [5.41, 5.74) is 8.01. The Balaban J connectivity index is 1.33. The predicted octanol–water partition coefficient (Wildman–Crippen LogP) is 3.88. The number of aromatic nitrogens is 2. The number of nitrogens with one attached hydrogen (secondary N) is 2. The molecule has 2 bridgehead atoms. The van der Waals surface area contributed by atoms with Crippen molar-refractivity contribution in [2.45, 2.75) is 32.1 Å². The van der Waals surface area contributed by atoms with Gasteiger partial charge in [-0.05, 0) is 61.3 Å².